The lowest BCUT2D eigenvalue weighted by molar-refractivity contribution is -0.120. The normalized spacial score (nSPS) is 24.2. The minimum Gasteiger partial charge on any atom is -0.309 e. The highest BCUT2D eigenvalue weighted by atomic mass is 16.2. The first-order chi connectivity index (χ1) is 8.38. The van der Waals surface area contributed by atoms with Gasteiger partial charge < -0.3 is 5.32 Å². The molecule has 1 aliphatic carbocycles. The Bertz CT molecular complexity index is 430. The number of aromatic amines is 1. The number of carbonyl (C=O) groups excluding carboxylic acids is 1. The van der Waals surface area contributed by atoms with E-state index in [0.717, 1.165) is 25.0 Å². The van der Waals surface area contributed by atoms with Gasteiger partial charge in [0.2, 0.25) is 5.91 Å². The van der Waals surface area contributed by atoms with Gasteiger partial charge in [-0.2, -0.15) is 5.10 Å². The van der Waals surface area contributed by atoms with E-state index in [4.69, 9.17) is 0 Å². The van der Waals surface area contributed by atoms with E-state index in [0.29, 0.717) is 11.7 Å². The third kappa shape index (κ3) is 2.74. The molecule has 0 radical (unpaired) electrons. The van der Waals surface area contributed by atoms with Gasteiger partial charge in [0.05, 0.1) is 0 Å². The first kappa shape index (κ1) is 13.1. The molecule has 4 nitrogen and oxygen atoms in total. The van der Waals surface area contributed by atoms with E-state index >= 15 is 0 Å². The molecule has 0 aliphatic heterocycles. The molecule has 0 spiro atoms. The molecule has 18 heavy (non-hydrogen) atoms. The highest BCUT2D eigenvalue weighted by Crippen LogP contribution is 2.32. The molecule has 2 unspecified atom stereocenters. The van der Waals surface area contributed by atoms with Crippen LogP contribution in [0.3, 0.4) is 0 Å². The second-order valence-corrected chi connectivity index (χ2v) is 6.42. The van der Waals surface area contributed by atoms with Crippen LogP contribution in [0.25, 0.3) is 0 Å². The molecule has 2 N–H and O–H groups in total. The van der Waals surface area contributed by atoms with Crippen molar-refractivity contribution in [3.05, 3.63) is 11.8 Å². The molecular formula is C14H23N3O. The Morgan fingerprint density at radius 2 is 2.17 bits per heavy atom. The van der Waals surface area contributed by atoms with Crippen molar-refractivity contribution in [3.63, 3.8) is 0 Å². The fourth-order valence-corrected chi connectivity index (χ4v) is 2.52. The van der Waals surface area contributed by atoms with Crippen LogP contribution in [0, 0.1) is 11.8 Å². The molecule has 2 atom stereocenters. The summed E-state index contributed by atoms with van der Waals surface area (Å²) in [5, 5.41) is 10.1. The number of carbonyl (C=O) groups is 1. The van der Waals surface area contributed by atoms with Gasteiger partial charge in [0.25, 0.3) is 0 Å². The minimum absolute atomic E-state index is 0.0244. The summed E-state index contributed by atoms with van der Waals surface area (Å²) >= 11 is 0. The van der Waals surface area contributed by atoms with Gasteiger partial charge in [0.15, 0.2) is 5.82 Å². The van der Waals surface area contributed by atoms with Gasteiger partial charge in [-0.05, 0) is 18.8 Å². The zero-order valence-electron chi connectivity index (χ0n) is 11.7. The van der Waals surface area contributed by atoms with Gasteiger partial charge in [-0.25, -0.2) is 0 Å². The van der Waals surface area contributed by atoms with Gasteiger partial charge in [0.1, 0.15) is 0 Å². The molecule has 1 amide bonds. The van der Waals surface area contributed by atoms with E-state index in [2.05, 4.69) is 43.2 Å². The molecule has 1 fully saturated rings. The third-order valence-electron chi connectivity index (χ3n) is 3.84. The number of amides is 1. The molecule has 1 saturated carbocycles. The Balaban J connectivity index is 2.01. The van der Waals surface area contributed by atoms with Crippen LogP contribution in [-0.4, -0.2) is 16.1 Å². The Kier molecular flexibility index (Phi) is 3.46. The average Bonchev–Trinajstić information content (AvgIpc) is 2.85. The quantitative estimate of drug-likeness (QED) is 0.846. The average molecular weight is 249 g/mol. The predicted molar refractivity (Wildman–Crippen MR) is 72.4 cm³/mol. The predicted octanol–water partition coefficient (Wildman–Crippen LogP) is 3.08. The third-order valence-corrected chi connectivity index (χ3v) is 3.84. The maximum atomic E-state index is 12.1. The monoisotopic (exact) mass is 249 g/mol. The maximum absolute atomic E-state index is 12.1. The van der Waals surface area contributed by atoms with E-state index in [1.54, 1.807) is 0 Å². The number of hydrogen-bond acceptors (Lipinski definition) is 2. The molecule has 1 aromatic rings. The van der Waals surface area contributed by atoms with Gasteiger partial charge in [0, 0.05) is 23.1 Å². The van der Waals surface area contributed by atoms with Crippen molar-refractivity contribution in [2.45, 2.75) is 52.4 Å². The van der Waals surface area contributed by atoms with Crippen LogP contribution in [0.1, 0.15) is 52.7 Å². The number of hydrogen-bond donors (Lipinski definition) is 2. The summed E-state index contributed by atoms with van der Waals surface area (Å²) in [5.41, 5.74) is 1.06. The molecule has 4 heteroatoms. The summed E-state index contributed by atoms with van der Waals surface area (Å²) in [6.07, 6.45) is 3.32. The molecule has 0 bridgehead atoms. The van der Waals surface area contributed by atoms with Gasteiger partial charge in [-0.15, -0.1) is 0 Å². The number of H-pyrrole nitrogens is 1. The molecule has 1 heterocycles. The lowest BCUT2D eigenvalue weighted by Crippen LogP contribution is -2.24. The minimum atomic E-state index is 0.0244. The summed E-state index contributed by atoms with van der Waals surface area (Å²) in [6.45, 7) is 8.50. The molecule has 2 rings (SSSR count). The number of anilines is 1. The summed E-state index contributed by atoms with van der Waals surface area (Å²) in [7, 11) is 0. The van der Waals surface area contributed by atoms with E-state index < -0.39 is 0 Å². The van der Waals surface area contributed by atoms with Crippen molar-refractivity contribution in [2.24, 2.45) is 11.8 Å². The van der Waals surface area contributed by atoms with E-state index in [1.807, 2.05) is 6.07 Å². The Morgan fingerprint density at radius 1 is 1.44 bits per heavy atom. The fraction of sp³-hybridized carbons (Fsp3) is 0.714. The molecular weight excluding hydrogens is 226 g/mol. The fourth-order valence-electron chi connectivity index (χ4n) is 2.52. The van der Waals surface area contributed by atoms with Crippen molar-refractivity contribution < 1.29 is 4.79 Å². The van der Waals surface area contributed by atoms with Crippen molar-refractivity contribution in [3.8, 4) is 0 Å². The van der Waals surface area contributed by atoms with Gasteiger partial charge in [-0.1, -0.05) is 34.1 Å². The summed E-state index contributed by atoms with van der Waals surface area (Å²) in [5.74, 6) is 1.40. The van der Waals surface area contributed by atoms with Gasteiger partial charge in [-0.3, -0.25) is 9.89 Å². The zero-order chi connectivity index (χ0) is 13.3. The highest BCUT2D eigenvalue weighted by Gasteiger charge is 2.30. The van der Waals surface area contributed by atoms with Crippen molar-refractivity contribution in [1.29, 1.82) is 0 Å². The molecule has 0 aromatic carbocycles. The lowest BCUT2D eigenvalue weighted by Gasteiger charge is -2.15. The van der Waals surface area contributed by atoms with Gasteiger partial charge >= 0.3 is 0 Å². The first-order valence-corrected chi connectivity index (χ1v) is 6.74. The highest BCUT2D eigenvalue weighted by molar-refractivity contribution is 5.92. The second kappa shape index (κ2) is 4.75. The van der Waals surface area contributed by atoms with Crippen LogP contribution in [-0.2, 0) is 10.2 Å². The van der Waals surface area contributed by atoms with Crippen LogP contribution in [0.5, 0.6) is 0 Å². The SMILES string of the molecule is CC1CCCC1C(=O)Nc1cc(C(C)(C)C)[nH]n1. The van der Waals surface area contributed by atoms with Crippen LogP contribution < -0.4 is 5.32 Å². The number of nitrogens with zero attached hydrogens (tertiary/aromatic N) is 1. The Hall–Kier alpha value is -1.32. The summed E-state index contributed by atoms with van der Waals surface area (Å²) in [6, 6.07) is 1.93. The zero-order valence-corrected chi connectivity index (χ0v) is 11.7. The first-order valence-electron chi connectivity index (χ1n) is 6.74. The number of nitrogens with one attached hydrogen (secondary N) is 2. The van der Waals surface area contributed by atoms with Crippen molar-refractivity contribution in [2.75, 3.05) is 5.32 Å². The van der Waals surface area contributed by atoms with Crippen LogP contribution in [0.4, 0.5) is 5.82 Å². The molecule has 100 valence electrons. The molecule has 1 aromatic heterocycles. The topological polar surface area (TPSA) is 57.8 Å². The number of aromatic nitrogens is 2. The summed E-state index contributed by atoms with van der Waals surface area (Å²) < 4.78 is 0. The van der Waals surface area contributed by atoms with Crippen LogP contribution >= 0.6 is 0 Å². The lowest BCUT2D eigenvalue weighted by atomic mass is 9.92. The van der Waals surface area contributed by atoms with Crippen LogP contribution in [0.15, 0.2) is 6.07 Å². The van der Waals surface area contributed by atoms with E-state index in [1.165, 1.54) is 0 Å². The number of rotatable bonds is 2. The second-order valence-electron chi connectivity index (χ2n) is 6.42. The largest absolute Gasteiger partial charge is 0.309 e. The Labute approximate surface area is 109 Å². The summed E-state index contributed by atoms with van der Waals surface area (Å²) in [4.78, 5) is 12.1. The molecule has 0 saturated heterocycles. The maximum Gasteiger partial charge on any atom is 0.228 e. The smallest absolute Gasteiger partial charge is 0.228 e. The van der Waals surface area contributed by atoms with E-state index in [-0.39, 0.29) is 17.2 Å². The van der Waals surface area contributed by atoms with Crippen LogP contribution in [0.2, 0.25) is 0 Å². The Morgan fingerprint density at radius 3 is 2.67 bits per heavy atom. The standard InChI is InChI=1S/C14H23N3O/c1-9-6-5-7-10(9)13(18)15-12-8-11(16-17-12)14(2,3)4/h8-10H,5-7H2,1-4H3,(H2,15,16,17,18). The van der Waals surface area contributed by atoms with Crippen molar-refractivity contribution >= 4 is 11.7 Å². The van der Waals surface area contributed by atoms with E-state index in [9.17, 15) is 4.79 Å². The molecule has 1 aliphatic rings. The van der Waals surface area contributed by atoms with Crippen molar-refractivity contribution in [1.82, 2.24) is 10.2 Å².